The Labute approximate surface area is 108 Å². The van der Waals surface area contributed by atoms with Crippen molar-refractivity contribution in [1.29, 1.82) is 5.26 Å². The number of ether oxygens (including phenoxy) is 1. The molecule has 0 heterocycles. The van der Waals surface area contributed by atoms with E-state index in [1.165, 1.54) is 0 Å². The maximum atomic E-state index is 11.6. The summed E-state index contributed by atoms with van der Waals surface area (Å²) in [6.07, 6.45) is 0. The Balaban J connectivity index is 2.40. The molecule has 0 radical (unpaired) electrons. The van der Waals surface area contributed by atoms with E-state index in [9.17, 15) is 4.79 Å². The summed E-state index contributed by atoms with van der Waals surface area (Å²) in [5, 5.41) is 11.5. The third-order valence-corrected chi connectivity index (χ3v) is 2.74. The van der Waals surface area contributed by atoms with E-state index in [4.69, 9.17) is 10.00 Å². The minimum absolute atomic E-state index is 0.0110. The Morgan fingerprint density at radius 1 is 1.33 bits per heavy atom. The molecule has 4 heteroatoms. The normalized spacial score (nSPS) is 11.7. The maximum Gasteiger partial charge on any atom is 0.258 e. The SMILES string of the molecule is CC(C)[C@H](C)NC(=O)COc1ccc(C#N)cc1. The molecule has 4 nitrogen and oxygen atoms in total. The van der Waals surface area contributed by atoms with Crippen LogP contribution in [0.25, 0.3) is 0 Å². The van der Waals surface area contributed by atoms with Gasteiger partial charge in [-0.15, -0.1) is 0 Å². The quantitative estimate of drug-likeness (QED) is 0.865. The summed E-state index contributed by atoms with van der Waals surface area (Å²) < 4.78 is 5.33. The van der Waals surface area contributed by atoms with Crippen LogP contribution in [0.4, 0.5) is 0 Å². The lowest BCUT2D eigenvalue weighted by Gasteiger charge is -2.17. The average Bonchev–Trinajstić information content (AvgIpc) is 2.36. The second-order valence-electron chi connectivity index (χ2n) is 4.53. The van der Waals surface area contributed by atoms with E-state index < -0.39 is 0 Å². The van der Waals surface area contributed by atoms with Crippen molar-refractivity contribution in [2.75, 3.05) is 6.61 Å². The Morgan fingerprint density at radius 3 is 2.44 bits per heavy atom. The molecule has 0 aliphatic carbocycles. The first-order chi connectivity index (χ1) is 8.52. The molecular formula is C14H18N2O2. The van der Waals surface area contributed by atoms with Gasteiger partial charge >= 0.3 is 0 Å². The zero-order chi connectivity index (χ0) is 13.5. The smallest absolute Gasteiger partial charge is 0.258 e. The number of carbonyl (C=O) groups is 1. The fourth-order valence-electron chi connectivity index (χ4n) is 1.24. The van der Waals surface area contributed by atoms with Gasteiger partial charge in [0.15, 0.2) is 6.61 Å². The number of carbonyl (C=O) groups excluding carboxylic acids is 1. The second-order valence-corrected chi connectivity index (χ2v) is 4.53. The van der Waals surface area contributed by atoms with Crippen molar-refractivity contribution in [3.05, 3.63) is 29.8 Å². The van der Waals surface area contributed by atoms with E-state index >= 15 is 0 Å². The average molecular weight is 246 g/mol. The molecule has 0 aliphatic rings. The van der Waals surface area contributed by atoms with Crippen LogP contribution in [-0.2, 0) is 4.79 Å². The van der Waals surface area contributed by atoms with Gasteiger partial charge in [0.25, 0.3) is 5.91 Å². The molecule has 1 atom stereocenters. The van der Waals surface area contributed by atoms with Crippen molar-refractivity contribution < 1.29 is 9.53 Å². The molecule has 1 rings (SSSR count). The van der Waals surface area contributed by atoms with Gasteiger partial charge in [0, 0.05) is 6.04 Å². The standard InChI is InChI=1S/C14H18N2O2/c1-10(2)11(3)16-14(17)9-18-13-6-4-12(8-15)5-7-13/h4-7,10-11H,9H2,1-3H3,(H,16,17)/t11-/m0/s1. The predicted molar refractivity (Wildman–Crippen MR) is 69.1 cm³/mol. The number of nitriles is 1. The third-order valence-electron chi connectivity index (χ3n) is 2.74. The number of nitrogens with one attached hydrogen (secondary N) is 1. The lowest BCUT2D eigenvalue weighted by atomic mass is 10.1. The molecule has 0 aliphatic heterocycles. The van der Waals surface area contributed by atoms with E-state index in [0.717, 1.165) is 0 Å². The highest BCUT2D eigenvalue weighted by atomic mass is 16.5. The van der Waals surface area contributed by atoms with Crippen LogP contribution in [0.5, 0.6) is 5.75 Å². The Bertz CT molecular complexity index is 432. The molecule has 0 saturated heterocycles. The lowest BCUT2D eigenvalue weighted by molar-refractivity contribution is -0.124. The topological polar surface area (TPSA) is 62.1 Å². The van der Waals surface area contributed by atoms with Gasteiger partial charge in [-0.25, -0.2) is 0 Å². The first kappa shape index (κ1) is 14.0. The molecular weight excluding hydrogens is 228 g/mol. The fourth-order valence-corrected chi connectivity index (χ4v) is 1.24. The van der Waals surface area contributed by atoms with E-state index in [1.54, 1.807) is 24.3 Å². The summed E-state index contributed by atoms with van der Waals surface area (Å²) in [5.41, 5.74) is 0.570. The monoisotopic (exact) mass is 246 g/mol. The molecule has 0 bridgehead atoms. The highest BCUT2D eigenvalue weighted by Gasteiger charge is 2.10. The van der Waals surface area contributed by atoms with Crippen LogP contribution in [0.3, 0.4) is 0 Å². The fraction of sp³-hybridized carbons (Fsp3) is 0.429. The lowest BCUT2D eigenvalue weighted by Crippen LogP contribution is -2.38. The summed E-state index contributed by atoms with van der Waals surface area (Å²) in [6, 6.07) is 8.82. The molecule has 96 valence electrons. The van der Waals surface area contributed by atoms with Crippen LogP contribution in [-0.4, -0.2) is 18.6 Å². The number of nitrogens with zero attached hydrogens (tertiary/aromatic N) is 1. The minimum atomic E-state index is -0.138. The van der Waals surface area contributed by atoms with Gasteiger partial charge in [0.2, 0.25) is 0 Å². The largest absolute Gasteiger partial charge is 0.484 e. The van der Waals surface area contributed by atoms with Gasteiger partial charge in [-0.3, -0.25) is 4.79 Å². The summed E-state index contributed by atoms with van der Waals surface area (Å²) >= 11 is 0. The van der Waals surface area contributed by atoms with E-state index in [2.05, 4.69) is 5.32 Å². The van der Waals surface area contributed by atoms with Gasteiger partial charge < -0.3 is 10.1 Å². The summed E-state index contributed by atoms with van der Waals surface area (Å²) in [6.45, 7) is 6.05. The van der Waals surface area contributed by atoms with Crippen LogP contribution >= 0.6 is 0 Å². The number of hydrogen-bond acceptors (Lipinski definition) is 3. The Morgan fingerprint density at radius 2 is 1.94 bits per heavy atom. The summed E-state index contributed by atoms with van der Waals surface area (Å²) in [7, 11) is 0. The van der Waals surface area contributed by atoms with Gasteiger partial charge in [0.05, 0.1) is 11.6 Å². The molecule has 1 N–H and O–H groups in total. The van der Waals surface area contributed by atoms with Crippen LogP contribution in [0, 0.1) is 17.2 Å². The first-order valence-corrected chi connectivity index (χ1v) is 5.95. The molecule has 18 heavy (non-hydrogen) atoms. The van der Waals surface area contributed by atoms with E-state index in [0.29, 0.717) is 17.2 Å². The minimum Gasteiger partial charge on any atom is -0.484 e. The van der Waals surface area contributed by atoms with Crippen molar-refractivity contribution in [3.63, 3.8) is 0 Å². The number of benzene rings is 1. The third kappa shape index (κ3) is 4.46. The van der Waals surface area contributed by atoms with Crippen molar-refractivity contribution in [2.24, 2.45) is 5.92 Å². The van der Waals surface area contributed by atoms with Crippen molar-refractivity contribution in [3.8, 4) is 11.8 Å². The van der Waals surface area contributed by atoms with Gasteiger partial charge in [-0.05, 0) is 37.1 Å². The molecule has 0 aromatic heterocycles. The van der Waals surface area contributed by atoms with Crippen LogP contribution in [0.15, 0.2) is 24.3 Å². The summed E-state index contributed by atoms with van der Waals surface area (Å²) in [5.74, 6) is 0.839. The molecule has 0 unspecified atom stereocenters. The number of hydrogen-bond donors (Lipinski definition) is 1. The zero-order valence-electron chi connectivity index (χ0n) is 10.9. The van der Waals surface area contributed by atoms with Crippen LogP contribution < -0.4 is 10.1 Å². The number of rotatable bonds is 5. The Kier molecular flexibility index (Phi) is 5.19. The Hall–Kier alpha value is -2.02. The molecule has 0 spiro atoms. The van der Waals surface area contributed by atoms with E-state index in [1.807, 2.05) is 26.8 Å². The van der Waals surface area contributed by atoms with Gasteiger partial charge in [-0.1, -0.05) is 13.8 Å². The molecule has 0 fully saturated rings. The molecule has 0 saturated carbocycles. The maximum absolute atomic E-state index is 11.6. The van der Waals surface area contributed by atoms with Crippen molar-refractivity contribution in [1.82, 2.24) is 5.32 Å². The number of amides is 1. The summed E-state index contributed by atoms with van der Waals surface area (Å²) in [4.78, 5) is 11.6. The molecule has 1 aromatic rings. The zero-order valence-corrected chi connectivity index (χ0v) is 10.9. The second kappa shape index (κ2) is 6.65. The van der Waals surface area contributed by atoms with Crippen molar-refractivity contribution in [2.45, 2.75) is 26.8 Å². The van der Waals surface area contributed by atoms with Gasteiger partial charge in [-0.2, -0.15) is 5.26 Å². The van der Waals surface area contributed by atoms with Crippen molar-refractivity contribution >= 4 is 5.91 Å². The highest BCUT2D eigenvalue weighted by molar-refractivity contribution is 5.77. The first-order valence-electron chi connectivity index (χ1n) is 5.95. The van der Waals surface area contributed by atoms with Gasteiger partial charge in [0.1, 0.15) is 5.75 Å². The predicted octanol–water partition coefficient (Wildman–Crippen LogP) is 2.10. The molecule has 1 aromatic carbocycles. The van der Waals surface area contributed by atoms with Crippen LogP contribution in [0.2, 0.25) is 0 Å². The van der Waals surface area contributed by atoms with E-state index in [-0.39, 0.29) is 18.6 Å². The highest BCUT2D eigenvalue weighted by Crippen LogP contribution is 2.11. The molecule has 1 amide bonds. The van der Waals surface area contributed by atoms with Crippen LogP contribution in [0.1, 0.15) is 26.3 Å².